The Morgan fingerprint density at radius 1 is 1.30 bits per heavy atom. The van der Waals surface area contributed by atoms with Gasteiger partial charge in [0.2, 0.25) is 11.8 Å². The first-order chi connectivity index (χ1) is 11.0. The first-order valence-corrected chi connectivity index (χ1v) is 8.10. The number of hydrogen-bond donors (Lipinski definition) is 3. The number of carbonyl (C=O) groups excluding carboxylic acids is 2. The van der Waals surface area contributed by atoms with Gasteiger partial charge in [-0.15, -0.1) is 0 Å². The molecule has 1 aromatic rings. The number of fused-ring (bicyclic) bond motifs is 1. The standard InChI is InChI=1S/C17H22FN3O2/c1-11(22)20-15-8-13(5-6-14(15)18)21-16(23)17-7-3-2-4-12(17)9-19-10-17/h5-6,8,12,19H,2-4,7,9-10H2,1H3,(H,20,22)(H,21,23)/t12-,17+/m0/s1. The average Bonchev–Trinajstić information content (AvgIpc) is 2.95. The van der Waals surface area contributed by atoms with Gasteiger partial charge in [0, 0.05) is 19.2 Å². The van der Waals surface area contributed by atoms with E-state index in [0.717, 1.165) is 25.8 Å². The Hall–Kier alpha value is -1.95. The van der Waals surface area contributed by atoms with Gasteiger partial charge in [-0.3, -0.25) is 9.59 Å². The molecule has 6 heteroatoms. The van der Waals surface area contributed by atoms with Gasteiger partial charge in [-0.05, 0) is 43.5 Å². The maximum Gasteiger partial charge on any atom is 0.232 e. The zero-order chi connectivity index (χ0) is 16.4. The quantitative estimate of drug-likeness (QED) is 0.802. The van der Waals surface area contributed by atoms with Crippen LogP contribution in [0.15, 0.2) is 18.2 Å². The summed E-state index contributed by atoms with van der Waals surface area (Å²) in [5, 5.41) is 8.69. The lowest BCUT2D eigenvalue weighted by Crippen LogP contribution is -2.44. The van der Waals surface area contributed by atoms with Crippen LogP contribution in [-0.4, -0.2) is 24.9 Å². The molecule has 2 amide bonds. The van der Waals surface area contributed by atoms with Crippen LogP contribution < -0.4 is 16.0 Å². The minimum absolute atomic E-state index is 0.00687. The van der Waals surface area contributed by atoms with E-state index in [1.54, 1.807) is 0 Å². The van der Waals surface area contributed by atoms with Gasteiger partial charge in [-0.2, -0.15) is 0 Å². The topological polar surface area (TPSA) is 70.2 Å². The number of rotatable bonds is 3. The number of anilines is 2. The van der Waals surface area contributed by atoms with Gasteiger partial charge in [0.25, 0.3) is 0 Å². The van der Waals surface area contributed by atoms with E-state index in [1.165, 1.54) is 31.5 Å². The predicted molar refractivity (Wildman–Crippen MR) is 86.6 cm³/mol. The van der Waals surface area contributed by atoms with Crippen molar-refractivity contribution in [3.05, 3.63) is 24.0 Å². The van der Waals surface area contributed by atoms with Crippen molar-refractivity contribution in [3.8, 4) is 0 Å². The summed E-state index contributed by atoms with van der Waals surface area (Å²) in [6, 6.07) is 4.24. The summed E-state index contributed by atoms with van der Waals surface area (Å²) in [6.07, 6.45) is 4.19. The van der Waals surface area contributed by atoms with Gasteiger partial charge in [0.15, 0.2) is 0 Å². The molecule has 0 spiro atoms. The van der Waals surface area contributed by atoms with Crippen molar-refractivity contribution in [1.82, 2.24) is 5.32 Å². The highest BCUT2D eigenvalue weighted by atomic mass is 19.1. The molecular formula is C17H22FN3O2. The SMILES string of the molecule is CC(=O)Nc1cc(NC(=O)[C@@]23CCCC[C@H]2CNC3)ccc1F. The molecule has 2 atom stereocenters. The number of benzene rings is 1. The van der Waals surface area contributed by atoms with E-state index in [2.05, 4.69) is 16.0 Å². The Bertz CT molecular complexity index is 634. The largest absolute Gasteiger partial charge is 0.325 e. The summed E-state index contributed by atoms with van der Waals surface area (Å²) >= 11 is 0. The molecule has 0 aromatic heterocycles. The molecule has 1 aliphatic carbocycles. The second-order valence-electron chi connectivity index (χ2n) is 6.56. The van der Waals surface area contributed by atoms with Crippen LogP contribution in [0, 0.1) is 17.2 Å². The maximum atomic E-state index is 13.7. The fourth-order valence-electron chi connectivity index (χ4n) is 3.83. The van der Waals surface area contributed by atoms with Crippen molar-refractivity contribution < 1.29 is 14.0 Å². The normalized spacial score (nSPS) is 26.4. The highest BCUT2D eigenvalue weighted by Crippen LogP contribution is 2.44. The van der Waals surface area contributed by atoms with Crippen LogP contribution in [0.1, 0.15) is 32.6 Å². The molecule has 1 aliphatic heterocycles. The van der Waals surface area contributed by atoms with E-state index in [4.69, 9.17) is 0 Å². The lowest BCUT2D eigenvalue weighted by molar-refractivity contribution is -0.128. The third-order valence-corrected chi connectivity index (χ3v) is 5.03. The van der Waals surface area contributed by atoms with E-state index < -0.39 is 5.82 Å². The van der Waals surface area contributed by atoms with Gasteiger partial charge < -0.3 is 16.0 Å². The Labute approximate surface area is 135 Å². The van der Waals surface area contributed by atoms with E-state index in [0.29, 0.717) is 18.2 Å². The molecule has 0 bridgehead atoms. The van der Waals surface area contributed by atoms with Gasteiger partial charge in [-0.1, -0.05) is 12.8 Å². The monoisotopic (exact) mass is 319 g/mol. The van der Waals surface area contributed by atoms with Crippen molar-refractivity contribution >= 4 is 23.2 Å². The van der Waals surface area contributed by atoms with Gasteiger partial charge >= 0.3 is 0 Å². The Morgan fingerprint density at radius 2 is 2.13 bits per heavy atom. The molecular weight excluding hydrogens is 297 g/mol. The summed E-state index contributed by atoms with van der Waals surface area (Å²) < 4.78 is 13.7. The maximum absolute atomic E-state index is 13.7. The summed E-state index contributed by atoms with van der Waals surface area (Å²) in [7, 11) is 0. The lowest BCUT2D eigenvalue weighted by Gasteiger charge is -2.37. The molecule has 2 fully saturated rings. The van der Waals surface area contributed by atoms with E-state index in [1.807, 2.05) is 0 Å². The highest BCUT2D eigenvalue weighted by molar-refractivity contribution is 5.97. The first-order valence-electron chi connectivity index (χ1n) is 8.10. The Balaban J connectivity index is 1.78. The zero-order valence-electron chi connectivity index (χ0n) is 13.2. The molecule has 3 N–H and O–H groups in total. The number of amides is 2. The summed E-state index contributed by atoms with van der Waals surface area (Å²) in [5.41, 5.74) is 0.226. The van der Waals surface area contributed by atoms with Gasteiger partial charge in [0.1, 0.15) is 5.82 Å². The molecule has 23 heavy (non-hydrogen) atoms. The molecule has 1 saturated heterocycles. The van der Waals surface area contributed by atoms with Crippen molar-refractivity contribution in [2.24, 2.45) is 11.3 Å². The van der Waals surface area contributed by atoms with Crippen molar-refractivity contribution in [2.45, 2.75) is 32.6 Å². The molecule has 1 aromatic carbocycles. The van der Waals surface area contributed by atoms with E-state index >= 15 is 0 Å². The van der Waals surface area contributed by atoms with Crippen LogP contribution in [0.3, 0.4) is 0 Å². The van der Waals surface area contributed by atoms with Gasteiger partial charge in [0.05, 0.1) is 11.1 Å². The smallest absolute Gasteiger partial charge is 0.232 e. The van der Waals surface area contributed by atoms with E-state index in [9.17, 15) is 14.0 Å². The van der Waals surface area contributed by atoms with Crippen LogP contribution in [0.25, 0.3) is 0 Å². The molecule has 0 radical (unpaired) electrons. The molecule has 124 valence electrons. The fraction of sp³-hybridized carbons (Fsp3) is 0.529. The molecule has 2 aliphatic rings. The van der Waals surface area contributed by atoms with Crippen LogP contribution >= 0.6 is 0 Å². The minimum Gasteiger partial charge on any atom is -0.325 e. The third kappa shape index (κ3) is 3.08. The highest BCUT2D eigenvalue weighted by Gasteiger charge is 2.49. The zero-order valence-corrected chi connectivity index (χ0v) is 13.2. The first kappa shape index (κ1) is 15.9. The summed E-state index contributed by atoms with van der Waals surface area (Å²) in [4.78, 5) is 24.0. The van der Waals surface area contributed by atoms with Crippen molar-refractivity contribution in [3.63, 3.8) is 0 Å². The minimum atomic E-state index is -0.519. The number of halogens is 1. The fourth-order valence-corrected chi connectivity index (χ4v) is 3.83. The molecule has 1 heterocycles. The van der Waals surface area contributed by atoms with Crippen molar-refractivity contribution in [2.75, 3.05) is 23.7 Å². The van der Waals surface area contributed by atoms with Crippen molar-refractivity contribution in [1.29, 1.82) is 0 Å². The number of carbonyl (C=O) groups is 2. The van der Waals surface area contributed by atoms with Crippen LogP contribution in [-0.2, 0) is 9.59 Å². The second-order valence-corrected chi connectivity index (χ2v) is 6.56. The number of nitrogens with one attached hydrogen (secondary N) is 3. The molecule has 5 nitrogen and oxygen atoms in total. The molecule has 1 saturated carbocycles. The predicted octanol–water partition coefficient (Wildman–Crippen LogP) is 2.50. The Kier molecular flexibility index (Phi) is 4.35. The van der Waals surface area contributed by atoms with Crippen LogP contribution in [0.2, 0.25) is 0 Å². The van der Waals surface area contributed by atoms with Gasteiger partial charge in [-0.25, -0.2) is 4.39 Å². The summed E-state index contributed by atoms with van der Waals surface area (Å²) in [5.74, 6) is -0.508. The number of hydrogen-bond acceptors (Lipinski definition) is 3. The van der Waals surface area contributed by atoms with Crippen LogP contribution in [0.4, 0.5) is 15.8 Å². The van der Waals surface area contributed by atoms with Crippen LogP contribution in [0.5, 0.6) is 0 Å². The molecule has 3 rings (SSSR count). The third-order valence-electron chi connectivity index (χ3n) is 5.03. The van der Waals surface area contributed by atoms with E-state index in [-0.39, 0.29) is 22.9 Å². The molecule has 0 unspecified atom stereocenters. The lowest BCUT2D eigenvalue weighted by atomic mass is 9.67. The summed E-state index contributed by atoms with van der Waals surface area (Å²) in [6.45, 7) is 2.90. The second kappa shape index (κ2) is 6.28. The Morgan fingerprint density at radius 3 is 2.91 bits per heavy atom. The average molecular weight is 319 g/mol.